The Morgan fingerprint density at radius 2 is 1.94 bits per heavy atom. The van der Waals surface area contributed by atoms with E-state index in [9.17, 15) is 27.6 Å². The number of hydrogen-bond acceptors (Lipinski definition) is 4. The average molecular weight is 470 g/mol. The van der Waals surface area contributed by atoms with Gasteiger partial charge in [-0.15, -0.1) is 0 Å². The molecule has 3 fully saturated rings. The van der Waals surface area contributed by atoms with E-state index in [1.807, 2.05) is 0 Å². The predicted molar refractivity (Wildman–Crippen MR) is 106 cm³/mol. The number of carbonyl (C=O) groups excluding carboxylic acids is 3. The standard InChI is InChI=1S/C20H19ClF3N5O3/c21-17-13-5-11(10-1-2-10)6-14(20(22,23)24)29(13)26-18(17)19(32)27-3-4-28(16(31)9-27)12-7-15(30)25-8-12/h5-6,10,12H,1-4,7-9H2,(H,25,30)/t12-/m0/s1. The van der Waals surface area contributed by atoms with Crippen LogP contribution in [-0.2, 0) is 15.8 Å². The lowest BCUT2D eigenvalue weighted by atomic mass is 10.1. The average Bonchev–Trinajstić information content (AvgIpc) is 3.42. The van der Waals surface area contributed by atoms with E-state index in [-0.39, 0.29) is 66.1 Å². The van der Waals surface area contributed by atoms with Crippen molar-refractivity contribution in [2.45, 2.75) is 37.4 Å². The maximum absolute atomic E-state index is 13.7. The largest absolute Gasteiger partial charge is 0.433 e. The number of fused-ring (bicyclic) bond motifs is 1. The summed E-state index contributed by atoms with van der Waals surface area (Å²) < 4.78 is 41.7. The maximum atomic E-state index is 13.7. The minimum Gasteiger partial charge on any atom is -0.354 e. The molecule has 2 aliphatic heterocycles. The number of nitrogens with zero attached hydrogens (tertiary/aromatic N) is 4. The molecule has 2 aromatic rings. The highest BCUT2D eigenvalue weighted by Crippen LogP contribution is 2.43. The molecule has 2 saturated heterocycles. The van der Waals surface area contributed by atoms with Crippen LogP contribution in [0.2, 0.25) is 5.02 Å². The van der Waals surface area contributed by atoms with E-state index in [0.717, 1.165) is 18.9 Å². The van der Waals surface area contributed by atoms with Gasteiger partial charge in [-0.25, -0.2) is 4.52 Å². The molecule has 1 atom stereocenters. The van der Waals surface area contributed by atoms with E-state index in [0.29, 0.717) is 16.6 Å². The van der Waals surface area contributed by atoms with Gasteiger partial charge in [-0.05, 0) is 36.5 Å². The van der Waals surface area contributed by atoms with E-state index >= 15 is 0 Å². The van der Waals surface area contributed by atoms with E-state index in [1.165, 1.54) is 4.90 Å². The molecule has 8 nitrogen and oxygen atoms in total. The van der Waals surface area contributed by atoms with Crippen LogP contribution in [0.25, 0.3) is 5.52 Å². The van der Waals surface area contributed by atoms with Gasteiger partial charge >= 0.3 is 6.18 Å². The smallest absolute Gasteiger partial charge is 0.354 e. The Labute approximate surface area is 185 Å². The number of aromatic nitrogens is 2. The molecule has 2 aromatic heterocycles. The highest BCUT2D eigenvalue weighted by molar-refractivity contribution is 6.36. The Bertz CT molecular complexity index is 1140. The van der Waals surface area contributed by atoms with Crippen molar-refractivity contribution >= 4 is 34.8 Å². The molecule has 0 radical (unpaired) electrons. The molecule has 1 N–H and O–H groups in total. The van der Waals surface area contributed by atoms with Gasteiger partial charge in [0.05, 0.1) is 16.6 Å². The lowest BCUT2D eigenvalue weighted by Gasteiger charge is -2.36. The van der Waals surface area contributed by atoms with Crippen LogP contribution in [0, 0.1) is 0 Å². The molecule has 12 heteroatoms. The predicted octanol–water partition coefficient (Wildman–Crippen LogP) is 2.06. The fourth-order valence-corrected chi connectivity index (χ4v) is 4.59. The van der Waals surface area contributed by atoms with Crippen LogP contribution < -0.4 is 5.32 Å². The Balaban J connectivity index is 1.43. The number of nitrogens with one attached hydrogen (secondary N) is 1. The summed E-state index contributed by atoms with van der Waals surface area (Å²) in [6, 6.07) is 2.34. The fourth-order valence-electron chi connectivity index (χ4n) is 4.34. The minimum atomic E-state index is -4.67. The molecule has 1 aliphatic carbocycles. The molecule has 5 rings (SSSR count). The van der Waals surface area contributed by atoms with Crippen LogP contribution in [0.15, 0.2) is 12.1 Å². The number of rotatable bonds is 3. The highest BCUT2D eigenvalue weighted by Gasteiger charge is 2.39. The van der Waals surface area contributed by atoms with Gasteiger partial charge in [0.25, 0.3) is 5.91 Å². The quantitative estimate of drug-likeness (QED) is 0.745. The molecule has 3 aliphatic rings. The molecule has 170 valence electrons. The second-order valence-electron chi connectivity index (χ2n) is 8.38. The summed E-state index contributed by atoms with van der Waals surface area (Å²) in [6.07, 6.45) is -2.85. The van der Waals surface area contributed by atoms with Crippen LogP contribution in [0.3, 0.4) is 0 Å². The van der Waals surface area contributed by atoms with Crippen molar-refractivity contribution in [1.82, 2.24) is 24.7 Å². The zero-order valence-corrected chi connectivity index (χ0v) is 17.5. The second kappa shape index (κ2) is 7.36. The highest BCUT2D eigenvalue weighted by atomic mass is 35.5. The molecule has 32 heavy (non-hydrogen) atoms. The van der Waals surface area contributed by atoms with Gasteiger partial charge in [0.15, 0.2) is 5.69 Å². The first-order valence-corrected chi connectivity index (χ1v) is 10.7. The number of pyridine rings is 1. The zero-order valence-electron chi connectivity index (χ0n) is 16.8. The lowest BCUT2D eigenvalue weighted by molar-refractivity contribution is -0.142. The third kappa shape index (κ3) is 3.58. The van der Waals surface area contributed by atoms with Crippen LogP contribution >= 0.6 is 11.6 Å². The van der Waals surface area contributed by atoms with E-state index in [1.54, 1.807) is 11.0 Å². The monoisotopic (exact) mass is 469 g/mol. The molecule has 0 spiro atoms. The van der Waals surface area contributed by atoms with E-state index in [4.69, 9.17) is 11.6 Å². The van der Waals surface area contributed by atoms with Crippen LogP contribution in [0.1, 0.15) is 46.9 Å². The first-order chi connectivity index (χ1) is 15.1. The molecule has 4 heterocycles. The van der Waals surface area contributed by atoms with Gasteiger partial charge in [0, 0.05) is 26.1 Å². The molecule has 3 amide bonds. The summed E-state index contributed by atoms with van der Waals surface area (Å²) in [5, 5.41) is 6.40. The van der Waals surface area contributed by atoms with Crippen LogP contribution in [0.5, 0.6) is 0 Å². The number of amides is 3. The van der Waals surface area contributed by atoms with Gasteiger partial charge < -0.3 is 15.1 Å². The Morgan fingerprint density at radius 1 is 1.19 bits per heavy atom. The topological polar surface area (TPSA) is 87.0 Å². The number of alkyl halides is 3. The lowest BCUT2D eigenvalue weighted by Crippen LogP contribution is -2.55. The van der Waals surface area contributed by atoms with E-state index < -0.39 is 17.8 Å². The van der Waals surface area contributed by atoms with Crippen molar-refractivity contribution in [2.24, 2.45) is 0 Å². The van der Waals surface area contributed by atoms with Gasteiger partial charge in [-0.3, -0.25) is 14.4 Å². The number of carbonyl (C=O) groups is 3. The van der Waals surface area contributed by atoms with Crippen molar-refractivity contribution in [3.8, 4) is 0 Å². The molecule has 0 aromatic carbocycles. The number of piperazine rings is 1. The first-order valence-electron chi connectivity index (χ1n) is 10.3. The molecule has 0 bridgehead atoms. The van der Waals surface area contributed by atoms with Crippen molar-refractivity contribution in [2.75, 3.05) is 26.2 Å². The van der Waals surface area contributed by atoms with Crippen molar-refractivity contribution in [3.05, 3.63) is 34.1 Å². The van der Waals surface area contributed by atoms with Gasteiger partial charge in [-0.2, -0.15) is 18.3 Å². The Kier molecular flexibility index (Phi) is 4.84. The second-order valence-corrected chi connectivity index (χ2v) is 8.76. The normalized spacial score (nSPS) is 22.1. The Hall–Kier alpha value is -2.82. The third-order valence-corrected chi connectivity index (χ3v) is 6.55. The Morgan fingerprint density at radius 3 is 2.53 bits per heavy atom. The van der Waals surface area contributed by atoms with Crippen molar-refractivity contribution in [3.63, 3.8) is 0 Å². The summed E-state index contributed by atoms with van der Waals surface area (Å²) >= 11 is 6.34. The summed E-state index contributed by atoms with van der Waals surface area (Å²) in [4.78, 5) is 39.9. The molecule has 1 saturated carbocycles. The van der Waals surface area contributed by atoms with Gasteiger partial charge in [0.2, 0.25) is 11.8 Å². The first kappa shape index (κ1) is 21.0. The number of hydrogen-bond donors (Lipinski definition) is 1. The van der Waals surface area contributed by atoms with Gasteiger partial charge in [0.1, 0.15) is 12.2 Å². The van der Waals surface area contributed by atoms with Crippen LogP contribution in [-0.4, -0.2) is 69.4 Å². The van der Waals surface area contributed by atoms with Crippen LogP contribution in [0.4, 0.5) is 13.2 Å². The molecule has 0 unspecified atom stereocenters. The minimum absolute atomic E-state index is 0.0206. The summed E-state index contributed by atoms with van der Waals surface area (Å²) in [7, 11) is 0. The van der Waals surface area contributed by atoms with Gasteiger partial charge in [-0.1, -0.05) is 11.6 Å². The van der Waals surface area contributed by atoms with Crippen molar-refractivity contribution in [1.29, 1.82) is 0 Å². The summed E-state index contributed by atoms with van der Waals surface area (Å²) in [5.74, 6) is -1.12. The van der Waals surface area contributed by atoms with E-state index in [2.05, 4.69) is 10.4 Å². The van der Waals surface area contributed by atoms with Crippen molar-refractivity contribution < 1.29 is 27.6 Å². The fraction of sp³-hybridized carbons (Fsp3) is 0.500. The molecular formula is C20H19ClF3N5O3. The summed E-state index contributed by atoms with van der Waals surface area (Å²) in [6.45, 7) is 0.487. The zero-order chi connectivity index (χ0) is 22.8. The SMILES string of the molecule is O=C1C[C@H](N2CCN(C(=O)c3nn4c(C(F)(F)F)cc(C5CC5)cc4c3Cl)CC2=O)CN1. The maximum Gasteiger partial charge on any atom is 0.433 e. The summed E-state index contributed by atoms with van der Waals surface area (Å²) in [5.41, 5.74) is -0.761. The molecular weight excluding hydrogens is 451 g/mol. The third-order valence-electron chi connectivity index (χ3n) is 6.18. The number of halogens is 4.